The lowest BCUT2D eigenvalue weighted by Gasteiger charge is -1.98. The Kier molecular flexibility index (Phi) is 5.25. The van der Waals surface area contributed by atoms with Crippen molar-refractivity contribution in [2.24, 2.45) is 0 Å². The van der Waals surface area contributed by atoms with Crippen molar-refractivity contribution in [1.29, 1.82) is 0 Å². The lowest BCUT2D eigenvalue weighted by molar-refractivity contribution is -0.132. The summed E-state index contributed by atoms with van der Waals surface area (Å²) < 4.78 is 4.91. The Morgan fingerprint density at radius 1 is 1.73 bits per heavy atom. The van der Waals surface area contributed by atoms with E-state index in [0.717, 1.165) is 12.8 Å². The SMILES string of the molecule is [CH2]CCCOC=C(C)C(=O)O. The van der Waals surface area contributed by atoms with Gasteiger partial charge in [0.25, 0.3) is 0 Å². The average molecular weight is 157 g/mol. The predicted molar refractivity (Wildman–Crippen MR) is 41.9 cm³/mol. The van der Waals surface area contributed by atoms with Crippen molar-refractivity contribution >= 4 is 5.97 Å². The van der Waals surface area contributed by atoms with Gasteiger partial charge in [-0.3, -0.25) is 0 Å². The van der Waals surface area contributed by atoms with Crippen molar-refractivity contribution in [2.45, 2.75) is 19.8 Å². The monoisotopic (exact) mass is 157 g/mol. The maximum atomic E-state index is 10.2. The zero-order valence-corrected chi connectivity index (χ0v) is 6.67. The number of hydrogen-bond acceptors (Lipinski definition) is 2. The van der Waals surface area contributed by atoms with E-state index >= 15 is 0 Å². The number of carboxylic acids is 1. The Morgan fingerprint density at radius 3 is 2.82 bits per heavy atom. The first-order chi connectivity index (χ1) is 5.18. The molecule has 0 spiro atoms. The van der Waals surface area contributed by atoms with E-state index in [1.807, 2.05) is 0 Å². The quantitative estimate of drug-likeness (QED) is 0.374. The van der Waals surface area contributed by atoms with Crippen molar-refractivity contribution in [3.8, 4) is 0 Å². The molecule has 0 saturated carbocycles. The van der Waals surface area contributed by atoms with Gasteiger partial charge in [-0.25, -0.2) is 4.79 Å². The summed E-state index contributed by atoms with van der Waals surface area (Å²) in [5, 5.41) is 8.38. The van der Waals surface area contributed by atoms with Crippen LogP contribution < -0.4 is 0 Å². The van der Waals surface area contributed by atoms with Crippen LogP contribution in [0, 0.1) is 6.92 Å². The molecule has 0 bridgehead atoms. The number of ether oxygens (including phenoxy) is 1. The van der Waals surface area contributed by atoms with Crippen molar-refractivity contribution in [1.82, 2.24) is 0 Å². The van der Waals surface area contributed by atoms with Gasteiger partial charge in [-0.15, -0.1) is 0 Å². The molecule has 0 aliphatic heterocycles. The highest BCUT2D eigenvalue weighted by atomic mass is 16.5. The molecule has 0 amide bonds. The van der Waals surface area contributed by atoms with Crippen LogP contribution in [-0.2, 0) is 9.53 Å². The molecular formula is C8H13O3. The van der Waals surface area contributed by atoms with Crippen molar-refractivity contribution in [3.63, 3.8) is 0 Å². The van der Waals surface area contributed by atoms with E-state index in [2.05, 4.69) is 6.92 Å². The molecule has 0 aromatic rings. The predicted octanol–water partition coefficient (Wildman–Crippen LogP) is 1.61. The highest BCUT2D eigenvalue weighted by molar-refractivity contribution is 5.85. The molecule has 0 fully saturated rings. The Hall–Kier alpha value is -0.990. The normalized spacial score (nSPS) is 11.3. The van der Waals surface area contributed by atoms with Crippen LogP contribution in [-0.4, -0.2) is 17.7 Å². The van der Waals surface area contributed by atoms with E-state index in [-0.39, 0.29) is 5.57 Å². The highest BCUT2D eigenvalue weighted by Crippen LogP contribution is 1.94. The summed E-state index contributed by atoms with van der Waals surface area (Å²) in [6, 6.07) is 0. The number of carboxylic acid groups (broad SMARTS) is 1. The second-order valence-corrected chi connectivity index (χ2v) is 2.18. The fourth-order valence-corrected chi connectivity index (χ4v) is 0.420. The van der Waals surface area contributed by atoms with Gasteiger partial charge in [0.1, 0.15) is 0 Å². The number of rotatable bonds is 5. The first-order valence-electron chi connectivity index (χ1n) is 3.49. The first kappa shape index (κ1) is 10.0. The molecule has 0 unspecified atom stereocenters. The summed E-state index contributed by atoms with van der Waals surface area (Å²) in [5.74, 6) is -0.945. The summed E-state index contributed by atoms with van der Waals surface area (Å²) in [4.78, 5) is 10.2. The maximum absolute atomic E-state index is 10.2. The second kappa shape index (κ2) is 5.77. The fourth-order valence-electron chi connectivity index (χ4n) is 0.420. The van der Waals surface area contributed by atoms with Crippen LogP contribution >= 0.6 is 0 Å². The first-order valence-corrected chi connectivity index (χ1v) is 3.49. The van der Waals surface area contributed by atoms with Gasteiger partial charge >= 0.3 is 5.97 Å². The lowest BCUT2D eigenvalue weighted by Crippen LogP contribution is -1.97. The van der Waals surface area contributed by atoms with Gasteiger partial charge in [0.05, 0.1) is 18.4 Å². The standard InChI is InChI=1S/C8H13O3/c1-3-4-5-11-6-7(2)8(9)10/h6H,1,3-5H2,2H3,(H,9,10). The van der Waals surface area contributed by atoms with Gasteiger partial charge in [-0.05, 0) is 13.3 Å². The van der Waals surface area contributed by atoms with Gasteiger partial charge in [-0.2, -0.15) is 0 Å². The summed E-state index contributed by atoms with van der Waals surface area (Å²) in [6.07, 6.45) is 2.92. The molecule has 63 valence electrons. The van der Waals surface area contributed by atoms with Gasteiger partial charge in [0, 0.05) is 0 Å². The van der Waals surface area contributed by atoms with Crippen molar-refractivity contribution < 1.29 is 14.6 Å². The van der Waals surface area contributed by atoms with E-state index in [1.165, 1.54) is 13.2 Å². The van der Waals surface area contributed by atoms with Crippen molar-refractivity contribution in [3.05, 3.63) is 18.8 Å². The molecule has 3 heteroatoms. The number of aliphatic carboxylic acids is 1. The number of hydrogen-bond donors (Lipinski definition) is 1. The van der Waals surface area contributed by atoms with Crippen LogP contribution in [0.15, 0.2) is 11.8 Å². The molecule has 1 N–H and O–H groups in total. The van der Waals surface area contributed by atoms with Crippen LogP contribution in [0.1, 0.15) is 19.8 Å². The molecule has 0 aliphatic rings. The van der Waals surface area contributed by atoms with Gasteiger partial charge in [0.15, 0.2) is 0 Å². The van der Waals surface area contributed by atoms with Gasteiger partial charge in [0.2, 0.25) is 0 Å². The van der Waals surface area contributed by atoms with E-state index < -0.39 is 5.97 Å². The van der Waals surface area contributed by atoms with E-state index in [9.17, 15) is 4.79 Å². The maximum Gasteiger partial charge on any atom is 0.334 e. The van der Waals surface area contributed by atoms with Crippen LogP contribution in [0.3, 0.4) is 0 Å². The molecule has 0 aromatic carbocycles. The smallest absolute Gasteiger partial charge is 0.334 e. The summed E-state index contributed by atoms with van der Waals surface area (Å²) in [5.41, 5.74) is 0.217. The summed E-state index contributed by atoms with van der Waals surface area (Å²) in [7, 11) is 0. The molecule has 3 nitrogen and oxygen atoms in total. The highest BCUT2D eigenvalue weighted by Gasteiger charge is 1.97. The Labute approximate surface area is 66.7 Å². The Bertz CT molecular complexity index is 149. The van der Waals surface area contributed by atoms with Gasteiger partial charge < -0.3 is 9.84 Å². The van der Waals surface area contributed by atoms with E-state index in [0.29, 0.717) is 6.61 Å². The minimum atomic E-state index is -0.945. The molecule has 1 radical (unpaired) electrons. The molecular weight excluding hydrogens is 144 g/mol. The third-order valence-electron chi connectivity index (χ3n) is 1.11. The molecule has 0 aliphatic carbocycles. The third kappa shape index (κ3) is 5.45. The fraction of sp³-hybridized carbons (Fsp3) is 0.500. The molecule has 0 rings (SSSR count). The van der Waals surface area contributed by atoms with Crippen LogP contribution in [0.5, 0.6) is 0 Å². The minimum Gasteiger partial charge on any atom is -0.501 e. The largest absolute Gasteiger partial charge is 0.501 e. The summed E-state index contributed by atoms with van der Waals surface area (Å²) in [6.45, 7) is 5.65. The lowest BCUT2D eigenvalue weighted by atomic mass is 10.3. The van der Waals surface area contributed by atoms with Crippen molar-refractivity contribution in [2.75, 3.05) is 6.61 Å². The molecule has 0 heterocycles. The Morgan fingerprint density at radius 2 is 2.36 bits per heavy atom. The summed E-state index contributed by atoms with van der Waals surface area (Å²) >= 11 is 0. The number of carbonyl (C=O) groups is 1. The van der Waals surface area contributed by atoms with E-state index in [4.69, 9.17) is 9.84 Å². The molecule has 0 saturated heterocycles. The second-order valence-electron chi connectivity index (χ2n) is 2.18. The number of unbranched alkanes of at least 4 members (excludes halogenated alkanes) is 1. The van der Waals surface area contributed by atoms with E-state index in [1.54, 1.807) is 0 Å². The molecule has 0 aromatic heterocycles. The van der Waals surface area contributed by atoms with Crippen LogP contribution in [0.2, 0.25) is 0 Å². The molecule has 11 heavy (non-hydrogen) atoms. The molecule has 0 atom stereocenters. The van der Waals surface area contributed by atoms with Crippen LogP contribution in [0.25, 0.3) is 0 Å². The third-order valence-corrected chi connectivity index (χ3v) is 1.11. The topological polar surface area (TPSA) is 46.5 Å². The minimum absolute atomic E-state index is 0.217. The zero-order valence-electron chi connectivity index (χ0n) is 6.67. The average Bonchev–Trinajstić information content (AvgIpc) is 1.97. The zero-order chi connectivity index (χ0) is 8.69. The Balaban J connectivity index is 3.48. The van der Waals surface area contributed by atoms with Gasteiger partial charge in [-0.1, -0.05) is 13.3 Å². The van der Waals surface area contributed by atoms with Crippen LogP contribution in [0.4, 0.5) is 0 Å².